The van der Waals surface area contributed by atoms with Crippen LogP contribution in [0.15, 0.2) is 5.38 Å². The third kappa shape index (κ3) is 3.36. The first-order valence-electron chi connectivity index (χ1n) is 4.24. The molecule has 0 aliphatic carbocycles. The molecule has 0 spiro atoms. The molecule has 0 bridgehead atoms. The molecule has 0 amide bonds. The molecule has 0 radical (unpaired) electrons. The van der Waals surface area contributed by atoms with Gasteiger partial charge in [0.05, 0.1) is 17.3 Å². The third-order valence-electron chi connectivity index (χ3n) is 1.56. The Kier molecular flexibility index (Phi) is 4.17. The maximum atomic E-state index is 11.4. The topological polar surface area (TPSA) is 69.7 Å². The first-order chi connectivity index (χ1) is 7.35. The van der Waals surface area contributed by atoms with E-state index in [0.29, 0.717) is 5.56 Å². The summed E-state index contributed by atoms with van der Waals surface area (Å²) < 4.78 is 30.8. The van der Waals surface area contributed by atoms with Gasteiger partial charge in [0.15, 0.2) is 10.6 Å². The molecular weight excluding hydrogens is 276 g/mol. The lowest BCUT2D eigenvalue weighted by Crippen LogP contribution is -2.07. The van der Waals surface area contributed by atoms with Crippen LogP contribution in [0.25, 0.3) is 0 Å². The van der Waals surface area contributed by atoms with Crippen LogP contribution < -0.4 is 4.18 Å². The smallest absolute Gasteiger partial charge is 0.401 e. The SMILES string of the molecule is CCOC(=O)c1scc(C)c1OS(=O)(=O)Cl. The number of hydrogen-bond acceptors (Lipinski definition) is 6. The highest BCUT2D eigenvalue weighted by molar-refractivity contribution is 8.10. The first kappa shape index (κ1) is 13.3. The molecule has 0 unspecified atom stereocenters. The zero-order valence-corrected chi connectivity index (χ0v) is 10.9. The first-order valence-corrected chi connectivity index (χ1v) is 7.36. The lowest BCUT2D eigenvalue weighted by Gasteiger charge is -2.04. The second-order valence-electron chi connectivity index (χ2n) is 2.77. The van der Waals surface area contributed by atoms with Crippen molar-refractivity contribution in [2.75, 3.05) is 6.61 Å². The number of aryl methyl sites for hydroxylation is 1. The second kappa shape index (κ2) is 5.03. The van der Waals surface area contributed by atoms with Crippen LogP contribution in [-0.2, 0) is 14.1 Å². The number of ether oxygens (including phenoxy) is 1. The van der Waals surface area contributed by atoms with Crippen LogP contribution in [-0.4, -0.2) is 21.0 Å². The summed E-state index contributed by atoms with van der Waals surface area (Å²) >= 11 is 1.04. The van der Waals surface area contributed by atoms with Gasteiger partial charge >= 0.3 is 15.3 Å². The van der Waals surface area contributed by atoms with Crippen LogP contribution >= 0.6 is 22.0 Å². The summed E-state index contributed by atoms with van der Waals surface area (Å²) in [6.07, 6.45) is 0. The van der Waals surface area contributed by atoms with Gasteiger partial charge in [-0.15, -0.1) is 11.3 Å². The van der Waals surface area contributed by atoms with Crippen molar-refractivity contribution in [1.29, 1.82) is 0 Å². The molecule has 0 fully saturated rings. The molecular formula is C8H9ClO5S2. The summed E-state index contributed by atoms with van der Waals surface area (Å²) in [5.41, 5.74) is 0.511. The van der Waals surface area contributed by atoms with Crippen LogP contribution in [0, 0.1) is 6.92 Å². The number of rotatable bonds is 4. The Bertz CT molecular complexity index is 491. The van der Waals surface area contributed by atoms with Gasteiger partial charge in [-0.25, -0.2) is 4.79 Å². The Morgan fingerprint density at radius 3 is 2.69 bits per heavy atom. The number of thiophene rings is 1. The Labute approximate surface area is 102 Å². The van der Waals surface area contributed by atoms with E-state index < -0.39 is 15.3 Å². The largest absolute Gasteiger partial charge is 0.462 e. The summed E-state index contributed by atoms with van der Waals surface area (Å²) in [6.45, 7) is 3.46. The van der Waals surface area contributed by atoms with Gasteiger partial charge in [-0.2, -0.15) is 8.42 Å². The molecule has 0 saturated heterocycles. The van der Waals surface area contributed by atoms with E-state index in [0.717, 1.165) is 11.3 Å². The maximum Gasteiger partial charge on any atom is 0.401 e. The predicted molar refractivity (Wildman–Crippen MR) is 60.4 cm³/mol. The minimum absolute atomic E-state index is 0.0709. The highest BCUT2D eigenvalue weighted by Gasteiger charge is 2.22. The Morgan fingerprint density at radius 1 is 1.56 bits per heavy atom. The van der Waals surface area contributed by atoms with E-state index in [9.17, 15) is 13.2 Å². The number of carbonyl (C=O) groups is 1. The van der Waals surface area contributed by atoms with Crippen molar-refractivity contribution in [3.05, 3.63) is 15.8 Å². The van der Waals surface area contributed by atoms with E-state index in [2.05, 4.69) is 4.18 Å². The van der Waals surface area contributed by atoms with Gasteiger partial charge in [-0.05, 0) is 19.2 Å². The molecule has 1 aromatic rings. The Hall–Kier alpha value is -0.790. The average Bonchev–Trinajstić information content (AvgIpc) is 2.46. The molecule has 0 N–H and O–H groups in total. The van der Waals surface area contributed by atoms with Crippen molar-refractivity contribution >= 4 is 37.3 Å². The van der Waals surface area contributed by atoms with Gasteiger partial charge in [0.25, 0.3) is 0 Å². The normalized spacial score (nSPS) is 11.2. The fourth-order valence-corrected chi connectivity index (χ4v) is 2.50. The molecule has 0 atom stereocenters. The molecule has 1 aromatic heterocycles. The number of hydrogen-bond donors (Lipinski definition) is 0. The summed E-state index contributed by atoms with van der Waals surface area (Å²) in [7, 11) is 0.783. The summed E-state index contributed by atoms with van der Waals surface area (Å²) in [5.74, 6) is -0.700. The van der Waals surface area contributed by atoms with E-state index in [1.54, 1.807) is 19.2 Å². The van der Waals surface area contributed by atoms with Crippen molar-refractivity contribution < 1.29 is 22.1 Å². The molecule has 0 aliphatic heterocycles. The monoisotopic (exact) mass is 284 g/mol. The van der Waals surface area contributed by atoms with E-state index in [-0.39, 0.29) is 17.2 Å². The number of carbonyl (C=O) groups excluding carboxylic acids is 1. The van der Waals surface area contributed by atoms with Crippen LogP contribution in [0.4, 0.5) is 0 Å². The molecule has 5 nitrogen and oxygen atoms in total. The molecule has 0 aromatic carbocycles. The van der Waals surface area contributed by atoms with Crippen LogP contribution in [0.1, 0.15) is 22.2 Å². The fraction of sp³-hybridized carbons (Fsp3) is 0.375. The molecule has 0 aliphatic rings. The zero-order valence-electron chi connectivity index (χ0n) is 8.52. The van der Waals surface area contributed by atoms with Gasteiger partial charge in [0.2, 0.25) is 0 Å². The Balaban J connectivity index is 3.08. The van der Waals surface area contributed by atoms with Crippen molar-refractivity contribution in [2.45, 2.75) is 13.8 Å². The Morgan fingerprint density at radius 2 is 2.19 bits per heavy atom. The summed E-state index contributed by atoms with van der Waals surface area (Å²) in [6, 6.07) is 0. The van der Waals surface area contributed by atoms with E-state index in [4.69, 9.17) is 15.4 Å². The highest BCUT2D eigenvalue weighted by atomic mass is 35.7. The molecule has 0 saturated carbocycles. The summed E-state index contributed by atoms with van der Waals surface area (Å²) in [4.78, 5) is 11.5. The highest BCUT2D eigenvalue weighted by Crippen LogP contribution is 2.32. The summed E-state index contributed by atoms with van der Waals surface area (Å²) in [5, 5.41) is 1.59. The standard InChI is InChI=1S/C8H9ClO5S2/c1-3-13-8(10)7-6(5(2)4-15-7)14-16(9,11)12/h4H,3H2,1-2H3. The van der Waals surface area contributed by atoms with Crippen molar-refractivity contribution in [3.63, 3.8) is 0 Å². The van der Waals surface area contributed by atoms with Crippen molar-refractivity contribution in [3.8, 4) is 5.75 Å². The lowest BCUT2D eigenvalue weighted by atomic mass is 10.3. The fourth-order valence-electron chi connectivity index (χ4n) is 0.974. The van der Waals surface area contributed by atoms with Crippen molar-refractivity contribution in [1.82, 2.24) is 0 Å². The van der Waals surface area contributed by atoms with Crippen LogP contribution in [0.5, 0.6) is 5.75 Å². The molecule has 1 heterocycles. The zero-order chi connectivity index (χ0) is 12.3. The van der Waals surface area contributed by atoms with Gasteiger partial charge in [0, 0.05) is 5.56 Å². The van der Waals surface area contributed by atoms with Gasteiger partial charge in [-0.3, -0.25) is 0 Å². The second-order valence-corrected chi connectivity index (χ2v) is 5.74. The third-order valence-corrected chi connectivity index (χ3v) is 3.18. The van der Waals surface area contributed by atoms with Gasteiger partial charge < -0.3 is 8.92 Å². The molecule has 16 heavy (non-hydrogen) atoms. The molecule has 1 rings (SSSR count). The average molecular weight is 285 g/mol. The van der Waals surface area contributed by atoms with E-state index >= 15 is 0 Å². The molecule has 8 heteroatoms. The minimum Gasteiger partial charge on any atom is -0.462 e. The molecule has 90 valence electrons. The minimum atomic E-state index is -4.17. The quantitative estimate of drug-likeness (QED) is 0.625. The van der Waals surface area contributed by atoms with Crippen LogP contribution in [0.3, 0.4) is 0 Å². The maximum absolute atomic E-state index is 11.4. The van der Waals surface area contributed by atoms with E-state index in [1.165, 1.54) is 0 Å². The number of esters is 1. The van der Waals surface area contributed by atoms with Crippen LogP contribution in [0.2, 0.25) is 0 Å². The van der Waals surface area contributed by atoms with Gasteiger partial charge in [-0.1, -0.05) is 0 Å². The number of halogens is 1. The lowest BCUT2D eigenvalue weighted by molar-refractivity contribution is 0.0530. The van der Waals surface area contributed by atoms with E-state index in [1.807, 2.05) is 0 Å². The predicted octanol–water partition coefficient (Wildman–Crippen LogP) is 2.10. The van der Waals surface area contributed by atoms with Gasteiger partial charge in [0.1, 0.15) is 0 Å². The van der Waals surface area contributed by atoms with Crippen molar-refractivity contribution in [2.24, 2.45) is 0 Å².